The van der Waals surface area contributed by atoms with Crippen molar-refractivity contribution in [3.05, 3.63) is 22.2 Å². The van der Waals surface area contributed by atoms with E-state index in [2.05, 4.69) is 15.9 Å². The van der Waals surface area contributed by atoms with Crippen LogP contribution >= 0.6 is 15.9 Å². The first-order chi connectivity index (χ1) is 6.31. The van der Waals surface area contributed by atoms with E-state index in [4.69, 9.17) is 9.47 Å². The number of carbonyl (C=O) groups excluding carboxylic acids is 1. The largest absolute Gasteiger partial charge is 0.492 e. The minimum absolute atomic E-state index is 0.421. The van der Waals surface area contributed by atoms with Gasteiger partial charge in [0.25, 0.3) is 6.47 Å². The molecule has 0 spiro atoms. The second-order valence-corrected chi connectivity index (χ2v) is 3.56. The lowest BCUT2D eigenvalue weighted by molar-refractivity contribution is -0.120. The summed E-state index contributed by atoms with van der Waals surface area (Å²) in [6, 6.07) is 3.54. The number of hydrogen-bond donors (Lipinski definition) is 0. The number of carbonyl (C=O) groups is 1. The van der Waals surface area contributed by atoms with Gasteiger partial charge >= 0.3 is 0 Å². The maximum Gasteiger partial charge on any atom is 0.298 e. The van der Waals surface area contributed by atoms with E-state index in [0.717, 1.165) is 22.2 Å². The molecule has 0 unspecified atom stereocenters. The summed E-state index contributed by atoms with van der Waals surface area (Å²) in [5.41, 5.74) is 1.08. The fourth-order valence-electron chi connectivity index (χ4n) is 1.36. The van der Waals surface area contributed by atoms with Gasteiger partial charge in [0, 0.05) is 12.0 Å². The highest BCUT2D eigenvalue weighted by atomic mass is 79.9. The van der Waals surface area contributed by atoms with Crippen LogP contribution in [0.15, 0.2) is 16.6 Å². The molecule has 13 heavy (non-hydrogen) atoms. The summed E-state index contributed by atoms with van der Waals surface area (Å²) < 4.78 is 11.0. The lowest BCUT2D eigenvalue weighted by Crippen LogP contribution is -1.89. The molecular weight excluding hydrogens is 236 g/mol. The number of benzene rings is 1. The molecule has 3 nitrogen and oxygen atoms in total. The fraction of sp³-hybridized carbons (Fsp3) is 0.222. The molecule has 0 bridgehead atoms. The Labute approximate surface area is 83.8 Å². The van der Waals surface area contributed by atoms with Crippen LogP contribution in [0.1, 0.15) is 5.56 Å². The molecule has 1 heterocycles. The van der Waals surface area contributed by atoms with Gasteiger partial charge in [-0.1, -0.05) is 0 Å². The molecule has 4 heteroatoms. The van der Waals surface area contributed by atoms with Gasteiger partial charge in [0.2, 0.25) is 0 Å². The zero-order chi connectivity index (χ0) is 9.26. The standard InChI is InChI=1S/C9H7BrO3/c10-8-4-7(13-5-11)3-6-1-2-12-9(6)8/h3-5H,1-2H2. The Bertz CT molecular complexity index is 349. The maximum absolute atomic E-state index is 10.1. The predicted molar refractivity (Wildman–Crippen MR) is 50.0 cm³/mol. The van der Waals surface area contributed by atoms with Crippen molar-refractivity contribution in [3.63, 3.8) is 0 Å². The van der Waals surface area contributed by atoms with Gasteiger partial charge in [-0.2, -0.15) is 0 Å². The number of fused-ring (bicyclic) bond motifs is 1. The first-order valence-corrected chi connectivity index (χ1v) is 4.66. The van der Waals surface area contributed by atoms with E-state index in [1.54, 1.807) is 6.07 Å². The number of ether oxygens (including phenoxy) is 2. The molecule has 0 saturated heterocycles. The second-order valence-electron chi connectivity index (χ2n) is 2.71. The Hall–Kier alpha value is -1.03. The molecule has 0 N–H and O–H groups in total. The lowest BCUT2D eigenvalue weighted by Gasteiger charge is -2.04. The molecule has 1 aromatic rings. The Morgan fingerprint density at radius 1 is 1.54 bits per heavy atom. The van der Waals surface area contributed by atoms with Crippen molar-refractivity contribution >= 4 is 22.4 Å². The van der Waals surface area contributed by atoms with Gasteiger partial charge < -0.3 is 9.47 Å². The molecule has 68 valence electrons. The van der Waals surface area contributed by atoms with Crippen LogP contribution in [0, 0.1) is 0 Å². The minimum atomic E-state index is 0.421. The third-order valence-corrected chi connectivity index (χ3v) is 2.49. The van der Waals surface area contributed by atoms with E-state index < -0.39 is 0 Å². The van der Waals surface area contributed by atoms with Gasteiger partial charge in [0.1, 0.15) is 11.5 Å². The van der Waals surface area contributed by atoms with E-state index >= 15 is 0 Å². The summed E-state index contributed by atoms with van der Waals surface area (Å²) in [7, 11) is 0. The number of rotatable bonds is 2. The highest BCUT2D eigenvalue weighted by Crippen LogP contribution is 2.37. The van der Waals surface area contributed by atoms with Crippen LogP contribution in [0.25, 0.3) is 0 Å². The van der Waals surface area contributed by atoms with E-state index in [9.17, 15) is 4.79 Å². The fourth-order valence-corrected chi connectivity index (χ4v) is 1.95. The van der Waals surface area contributed by atoms with Crippen LogP contribution in [0.3, 0.4) is 0 Å². The van der Waals surface area contributed by atoms with Crippen LogP contribution in [0.2, 0.25) is 0 Å². The third kappa shape index (κ3) is 1.54. The predicted octanol–water partition coefficient (Wildman–Crippen LogP) is 1.92. The van der Waals surface area contributed by atoms with Gasteiger partial charge in [-0.3, -0.25) is 4.79 Å². The first-order valence-electron chi connectivity index (χ1n) is 3.87. The summed E-state index contributed by atoms with van der Waals surface area (Å²) in [6.45, 7) is 1.11. The highest BCUT2D eigenvalue weighted by Gasteiger charge is 2.16. The van der Waals surface area contributed by atoms with Crippen molar-refractivity contribution in [1.82, 2.24) is 0 Å². The third-order valence-electron chi connectivity index (χ3n) is 1.90. The highest BCUT2D eigenvalue weighted by molar-refractivity contribution is 9.10. The topological polar surface area (TPSA) is 35.5 Å². The van der Waals surface area contributed by atoms with E-state index in [1.807, 2.05) is 6.07 Å². The van der Waals surface area contributed by atoms with Crippen molar-refractivity contribution in [2.75, 3.05) is 6.61 Å². The average Bonchev–Trinajstić information content (AvgIpc) is 2.53. The first kappa shape index (κ1) is 8.56. The van der Waals surface area contributed by atoms with Gasteiger partial charge in [0.15, 0.2) is 0 Å². The van der Waals surface area contributed by atoms with Crippen molar-refractivity contribution in [2.24, 2.45) is 0 Å². The molecule has 1 aliphatic heterocycles. The molecule has 0 atom stereocenters. The Morgan fingerprint density at radius 2 is 2.38 bits per heavy atom. The number of hydrogen-bond acceptors (Lipinski definition) is 3. The van der Waals surface area contributed by atoms with Gasteiger partial charge in [0.05, 0.1) is 11.1 Å². The van der Waals surface area contributed by atoms with Crippen LogP contribution in [-0.2, 0) is 11.2 Å². The van der Waals surface area contributed by atoms with Crippen LogP contribution in [0.5, 0.6) is 11.5 Å². The lowest BCUT2D eigenvalue weighted by atomic mass is 10.2. The van der Waals surface area contributed by atoms with Crippen LogP contribution in [-0.4, -0.2) is 13.1 Å². The van der Waals surface area contributed by atoms with E-state index in [0.29, 0.717) is 18.8 Å². The molecule has 2 rings (SSSR count). The van der Waals surface area contributed by atoms with Crippen molar-refractivity contribution < 1.29 is 14.3 Å². The van der Waals surface area contributed by atoms with Crippen molar-refractivity contribution in [1.29, 1.82) is 0 Å². The average molecular weight is 243 g/mol. The normalized spacial score (nSPS) is 13.3. The quantitative estimate of drug-likeness (QED) is 0.744. The van der Waals surface area contributed by atoms with E-state index in [-0.39, 0.29) is 0 Å². The molecule has 1 aliphatic rings. The summed E-state index contributed by atoms with van der Waals surface area (Å²) in [5, 5.41) is 0. The monoisotopic (exact) mass is 242 g/mol. The van der Waals surface area contributed by atoms with Gasteiger partial charge in [-0.05, 0) is 28.1 Å². The Kier molecular flexibility index (Phi) is 2.22. The molecule has 0 fully saturated rings. The summed E-state index contributed by atoms with van der Waals surface area (Å²) >= 11 is 3.35. The minimum Gasteiger partial charge on any atom is -0.492 e. The second kappa shape index (κ2) is 3.38. The molecule has 0 aliphatic carbocycles. The zero-order valence-corrected chi connectivity index (χ0v) is 8.33. The Morgan fingerprint density at radius 3 is 3.15 bits per heavy atom. The zero-order valence-electron chi connectivity index (χ0n) is 6.75. The van der Waals surface area contributed by atoms with Crippen LogP contribution < -0.4 is 9.47 Å². The SMILES string of the molecule is O=COc1cc(Br)c2c(c1)CCO2. The molecule has 0 saturated carbocycles. The summed E-state index contributed by atoms with van der Waals surface area (Å²) in [4.78, 5) is 10.1. The summed E-state index contributed by atoms with van der Waals surface area (Å²) in [6.07, 6.45) is 0.865. The van der Waals surface area contributed by atoms with Crippen LogP contribution in [0.4, 0.5) is 0 Å². The van der Waals surface area contributed by atoms with Gasteiger partial charge in [-0.15, -0.1) is 0 Å². The van der Waals surface area contributed by atoms with Gasteiger partial charge in [-0.25, -0.2) is 0 Å². The van der Waals surface area contributed by atoms with E-state index in [1.165, 1.54) is 0 Å². The molecule has 0 radical (unpaired) electrons. The van der Waals surface area contributed by atoms with Crippen molar-refractivity contribution in [2.45, 2.75) is 6.42 Å². The van der Waals surface area contributed by atoms with Crippen molar-refractivity contribution in [3.8, 4) is 11.5 Å². The molecular formula is C9H7BrO3. The summed E-state index contributed by atoms with van der Waals surface area (Å²) in [5.74, 6) is 1.41. The molecule has 0 amide bonds. The molecule has 0 aromatic heterocycles. The Balaban J connectivity index is 2.43. The maximum atomic E-state index is 10.1. The number of halogens is 1. The smallest absolute Gasteiger partial charge is 0.298 e. The molecule has 1 aromatic carbocycles.